The maximum Gasteiger partial charge on any atom is 0.310 e. The SMILES string of the molecule is Nc1ccccc1NO[PH+](N1CCCC1)N1CCCC1. The van der Waals surface area contributed by atoms with Gasteiger partial charge in [-0.15, -0.1) is 9.34 Å². The molecule has 6 heteroatoms. The van der Waals surface area contributed by atoms with Gasteiger partial charge in [0.25, 0.3) is 0 Å². The molecule has 0 saturated carbocycles. The average molecular weight is 295 g/mol. The molecule has 0 spiro atoms. The lowest BCUT2D eigenvalue weighted by atomic mass is 10.3. The molecule has 0 aromatic heterocycles. The van der Waals surface area contributed by atoms with E-state index in [2.05, 4.69) is 14.8 Å². The van der Waals surface area contributed by atoms with E-state index in [0.717, 1.165) is 37.6 Å². The van der Waals surface area contributed by atoms with Gasteiger partial charge in [0.1, 0.15) is 0 Å². The van der Waals surface area contributed by atoms with Gasteiger partial charge in [0.2, 0.25) is 0 Å². The highest BCUT2D eigenvalue weighted by atomic mass is 31.2. The van der Waals surface area contributed by atoms with Crippen LogP contribution in [-0.2, 0) is 4.62 Å². The third kappa shape index (κ3) is 3.23. The second-order valence-electron chi connectivity index (χ2n) is 5.46. The largest absolute Gasteiger partial charge is 0.397 e. The van der Waals surface area contributed by atoms with Crippen LogP contribution in [0.1, 0.15) is 25.7 Å². The number of nitrogens with two attached hydrogens (primary N) is 1. The summed E-state index contributed by atoms with van der Waals surface area (Å²) in [6, 6.07) is 7.76. The first-order chi connectivity index (χ1) is 9.84. The van der Waals surface area contributed by atoms with Crippen molar-refractivity contribution in [3.05, 3.63) is 24.3 Å². The molecule has 5 nitrogen and oxygen atoms in total. The van der Waals surface area contributed by atoms with E-state index in [4.69, 9.17) is 10.4 Å². The molecule has 2 aliphatic heterocycles. The van der Waals surface area contributed by atoms with E-state index in [1.165, 1.54) is 25.7 Å². The first kappa shape index (κ1) is 14.1. The number of anilines is 2. The lowest BCUT2D eigenvalue weighted by molar-refractivity contribution is 0.331. The lowest BCUT2D eigenvalue weighted by Crippen LogP contribution is -2.27. The minimum atomic E-state index is -1.11. The van der Waals surface area contributed by atoms with Crippen LogP contribution in [0.4, 0.5) is 11.4 Å². The van der Waals surface area contributed by atoms with Crippen LogP contribution < -0.4 is 11.2 Å². The smallest absolute Gasteiger partial charge is 0.310 e. The normalized spacial score (nSPS) is 20.9. The van der Waals surface area contributed by atoms with Crippen LogP contribution in [0.15, 0.2) is 24.3 Å². The zero-order chi connectivity index (χ0) is 13.8. The molecule has 0 atom stereocenters. The van der Waals surface area contributed by atoms with Crippen molar-refractivity contribution in [1.82, 2.24) is 9.34 Å². The van der Waals surface area contributed by atoms with Gasteiger partial charge in [-0.1, -0.05) is 16.8 Å². The molecule has 0 amide bonds. The summed E-state index contributed by atoms with van der Waals surface area (Å²) >= 11 is 0. The summed E-state index contributed by atoms with van der Waals surface area (Å²) in [5, 5.41) is 0. The van der Waals surface area contributed by atoms with Crippen molar-refractivity contribution < 1.29 is 4.62 Å². The zero-order valence-corrected chi connectivity index (χ0v) is 12.8. The van der Waals surface area contributed by atoms with Gasteiger partial charge in [0, 0.05) is 26.2 Å². The molecule has 2 aliphatic rings. The molecule has 3 N–H and O–H groups in total. The van der Waals surface area contributed by atoms with E-state index in [0.29, 0.717) is 0 Å². The van der Waals surface area contributed by atoms with E-state index >= 15 is 0 Å². The third-order valence-corrected chi connectivity index (χ3v) is 6.23. The maximum absolute atomic E-state index is 6.10. The van der Waals surface area contributed by atoms with Crippen LogP contribution in [0.25, 0.3) is 0 Å². The van der Waals surface area contributed by atoms with E-state index in [9.17, 15) is 0 Å². The van der Waals surface area contributed by atoms with Gasteiger partial charge in [0.15, 0.2) is 0 Å². The third-order valence-electron chi connectivity index (χ3n) is 3.97. The maximum atomic E-state index is 6.10. The van der Waals surface area contributed by atoms with Crippen LogP contribution >= 0.6 is 8.45 Å². The molecule has 2 fully saturated rings. The van der Waals surface area contributed by atoms with Crippen molar-refractivity contribution >= 4 is 19.8 Å². The van der Waals surface area contributed by atoms with Gasteiger partial charge in [-0.05, 0) is 37.8 Å². The number of nitrogen functional groups attached to an aromatic ring is 1. The van der Waals surface area contributed by atoms with Gasteiger partial charge >= 0.3 is 8.45 Å². The molecule has 110 valence electrons. The highest BCUT2D eigenvalue weighted by Gasteiger charge is 2.39. The highest BCUT2D eigenvalue weighted by molar-refractivity contribution is 7.47. The van der Waals surface area contributed by atoms with Crippen LogP contribution in [-0.4, -0.2) is 35.5 Å². The molecule has 3 rings (SSSR count). The summed E-state index contributed by atoms with van der Waals surface area (Å²) in [7, 11) is -1.11. The molecule has 1 aromatic carbocycles. The predicted octanol–water partition coefficient (Wildman–Crippen LogP) is 2.76. The summed E-state index contributed by atoms with van der Waals surface area (Å²) in [6.45, 7) is 4.65. The van der Waals surface area contributed by atoms with E-state index in [1.54, 1.807) is 0 Å². The highest BCUT2D eigenvalue weighted by Crippen LogP contribution is 2.49. The molecule has 2 heterocycles. The van der Waals surface area contributed by atoms with Crippen LogP contribution in [0.2, 0.25) is 0 Å². The lowest BCUT2D eigenvalue weighted by Gasteiger charge is -2.24. The van der Waals surface area contributed by atoms with E-state index < -0.39 is 8.45 Å². The quantitative estimate of drug-likeness (QED) is 0.497. The van der Waals surface area contributed by atoms with Crippen molar-refractivity contribution in [2.24, 2.45) is 0 Å². The average Bonchev–Trinajstić information content (AvgIpc) is 3.14. The minimum absolute atomic E-state index is 0.733. The van der Waals surface area contributed by atoms with Crippen molar-refractivity contribution in [3.63, 3.8) is 0 Å². The molecule has 2 saturated heterocycles. The topological polar surface area (TPSA) is 53.8 Å². The van der Waals surface area contributed by atoms with Gasteiger partial charge in [-0.25, -0.2) is 5.48 Å². The number of rotatable bonds is 5. The van der Waals surface area contributed by atoms with Crippen LogP contribution in [0.3, 0.4) is 0 Å². The first-order valence-corrected chi connectivity index (χ1v) is 8.79. The Kier molecular flexibility index (Phi) is 4.73. The van der Waals surface area contributed by atoms with E-state index in [-0.39, 0.29) is 0 Å². The van der Waals surface area contributed by atoms with Crippen molar-refractivity contribution in [1.29, 1.82) is 0 Å². The summed E-state index contributed by atoms with van der Waals surface area (Å²) in [5.41, 5.74) is 10.7. The fourth-order valence-corrected chi connectivity index (χ4v) is 5.09. The fourth-order valence-electron chi connectivity index (χ4n) is 2.84. The molecule has 20 heavy (non-hydrogen) atoms. The number of nitrogens with zero attached hydrogens (tertiary/aromatic N) is 2. The predicted molar refractivity (Wildman–Crippen MR) is 85.5 cm³/mol. The summed E-state index contributed by atoms with van der Waals surface area (Å²) in [5.74, 6) is 0. The van der Waals surface area contributed by atoms with Crippen LogP contribution in [0.5, 0.6) is 0 Å². The Balaban J connectivity index is 1.65. The molecule has 0 unspecified atom stereocenters. The van der Waals surface area contributed by atoms with E-state index in [1.807, 2.05) is 24.3 Å². The van der Waals surface area contributed by atoms with Gasteiger partial charge in [-0.3, -0.25) is 0 Å². The van der Waals surface area contributed by atoms with Crippen molar-refractivity contribution in [3.8, 4) is 0 Å². The Morgan fingerprint density at radius 1 is 0.950 bits per heavy atom. The van der Waals surface area contributed by atoms with Crippen molar-refractivity contribution in [2.45, 2.75) is 25.7 Å². The Morgan fingerprint density at radius 3 is 2.05 bits per heavy atom. The zero-order valence-electron chi connectivity index (χ0n) is 11.8. The Bertz CT molecular complexity index is 417. The monoisotopic (exact) mass is 295 g/mol. The standard InChI is InChI=1S/C14H23N4OP/c15-13-7-1-2-8-14(13)16-19-20(17-9-3-4-10-17)18-11-5-6-12-18/h1-2,7-8,16H,3-6,9-12,15H2/p+1. The summed E-state index contributed by atoms with van der Waals surface area (Å²) < 4.78 is 11.1. The molecule has 1 aromatic rings. The van der Waals surface area contributed by atoms with Crippen LogP contribution in [0, 0.1) is 0 Å². The first-order valence-electron chi connectivity index (χ1n) is 7.49. The second-order valence-corrected chi connectivity index (χ2v) is 7.50. The fraction of sp³-hybridized carbons (Fsp3) is 0.571. The number of hydrogen-bond donors (Lipinski definition) is 2. The number of hydrogen-bond acceptors (Lipinski definition) is 5. The Hall–Kier alpha value is -0.870. The van der Waals surface area contributed by atoms with Crippen molar-refractivity contribution in [2.75, 3.05) is 37.4 Å². The Morgan fingerprint density at radius 2 is 1.50 bits per heavy atom. The minimum Gasteiger partial charge on any atom is -0.397 e. The number of nitrogens with one attached hydrogen (secondary N) is 1. The molecular formula is C14H24N4OP+. The van der Waals surface area contributed by atoms with Gasteiger partial charge < -0.3 is 5.73 Å². The van der Waals surface area contributed by atoms with Gasteiger partial charge in [0.05, 0.1) is 11.4 Å². The molecule has 0 radical (unpaired) electrons. The number of benzene rings is 1. The summed E-state index contributed by atoms with van der Waals surface area (Å²) in [4.78, 5) is 0. The molecule has 0 aliphatic carbocycles. The van der Waals surface area contributed by atoms with Gasteiger partial charge in [-0.2, -0.15) is 0 Å². The number of para-hydroxylation sites is 2. The summed E-state index contributed by atoms with van der Waals surface area (Å²) in [6.07, 6.45) is 5.16. The second kappa shape index (κ2) is 6.72. The molecular weight excluding hydrogens is 271 g/mol. The molecule has 0 bridgehead atoms. The Labute approximate surface area is 122 Å².